The van der Waals surface area contributed by atoms with Gasteiger partial charge >= 0.3 is 0 Å². The van der Waals surface area contributed by atoms with E-state index in [1.54, 1.807) is 6.92 Å². The molecule has 0 aliphatic rings. The van der Waals surface area contributed by atoms with Crippen LogP contribution < -0.4 is 5.32 Å². The summed E-state index contributed by atoms with van der Waals surface area (Å²) in [6.45, 7) is 7.86. The van der Waals surface area contributed by atoms with Crippen molar-refractivity contribution in [2.45, 2.75) is 39.7 Å². The first-order valence-corrected chi connectivity index (χ1v) is 7.86. The summed E-state index contributed by atoms with van der Waals surface area (Å²) in [5.74, 6) is 0.167. The Kier molecular flexibility index (Phi) is 5.21. The fourth-order valence-electron chi connectivity index (χ4n) is 2.27. The number of oxazole rings is 1. The normalized spacial score (nSPS) is 15.0. The minimum atomic E-state index is -0.960. The van der Waals surface area contributed by atoms with Crippen LogP contribution in [0.2, 0.25) is 0 Å². The molecule has 124 valence electrons. The predicted octanol–water partition coefficient (Wildman–Crippen LogP) is 3.18. The second kappa shape index (κ2) is 6.96. The van der Waals surface area contributed by atoms with E-state index in [2.05, 4.69) is 10.3 Å². The molecular formula is C18H24N2O3. The number of nitrogens with one attached hydrogen (secondary N) is 1. The van der Waals surface area contributed by atoms with Crippen molar-refractivity contribution in [2.24, 2.45) is 5.92 Å². The maximum Gasteiger partial charge on any atom is 0.274 e. The third-order valence-electron chi connectivity index (χ3n) is 4.38. The molecule has 2 rings (SSSR count). The van der Waals surface area contributed by atoms with E-state index in [1.165, 1.54) is 6.39 Å². The minimum Gasteiger partial charge on any atom is -0.443 e. The molecule has 2 N–H and O–H groups in total. The summed E-state index contributed by atoms with van der Waals surface area (Å²) in [5, 5.41) is 13.1. The fraction of sp³-hybridized carbons (Fsp3) is 0.444. The van der Waals surface area contributed by atoms with Crippen molar-refractivity contribution < 1.29 is 14.3 Å². The van der Waals surface area contributed by atoms with Gasteiger partial charge in [-0.3, -0.25) is 4.79 Å². The van der Waals surface area contributed by atoms with Gasteiger partial charge in [0.2, 0.25) is 0 Å². The van der Waals surface area contributed by atoms with Crippen LogP contribution >= 0.6 is 0 Å². The van der Waals surface area contributed by atoms with Gasteiger partial charge in [-0.2, -0.15) is 0 Å². The summed E-state index contributed by atoms with van der Waals surface area (Å²) < 4.78 is 5.38. The van der Waals surface area contributed by atoms with Crippen molar-refractivity contribution >= 4 is 5.91 Å². The molecule has 5 nitrogen and oxygen atoms in total. The van der Waals surface area contributed by atoms with E-state index in [0.717, 1.165) is 17.5 Å². The van der Waals surface area contributed by atoms with Crippen LogP contribution in [0.3, 0.4) is 0 Å². The molecule has 0 saturated carbocycles. The number of carbonyl (C=O) groups excluding carboxylic acids is 1. The van der Waals surface area contributed by atoms with Crippen molar-refractivity contribution in [1.29, 1.82) is 0 Å². The molecule has 5 heteroatoms. The van der Waals surface area contributed by atoms with E-state index in [1.807, 2.05) is 45.0 Å². The standard InChI is InChI=1S/C18H24N2O3/c1-5-13(3)18(4,22)10-19-17(21)15-16(23-11-20-15)14-8-6-12(2)7-9-14/h6-9,11,13,22H,5,10H2,1-4H3,(H,19,21). The molecule has 1 heterocycles. The SMILES string of the molecule is CCC(C)C(C)(O)CNC(=O)c1ncoc1-c1ccc(C)cc1. The number of aliphatic hydroxyl groups is 1. The number of carbonyl (C=O) groups is 1. The van der Waals surface area contributed by atoms with Crippen LogP contribution in [-0.2, 0) is 0 Å². The minimum absolute atomic E-state index is 0.0803. The molecule has 2 atom stereocenters. The first-order chi connectivity index (χ1) is 10.8. The molecule has 2 aromatic rings. The lowest BCUT2D eigenvalue weighted by Crippen LogP contribution is -2.45. The second-order valence-corrected chi connectivity index (χ2v) is 6.25. The predicted molar refractivity (Wildman–Crippen MR) is 89.1 cm³/mol. The average Bonchev–Trinajstić information content (AvgIpc) is 3.02. The van der Waals surface area contributed by atoms with Crippen LogP contribution in [0, 0.1) is 12.8 Å². The van der Waals surface area contributed by atoms with Crippen molar-refractivity contribution in [3.05, 3.63) is 41.9 Å². The van der Waals surface area contributed by atoms with Gasteiger partial charge in [0.1, 0.15) is 0 Å². The van der Waals surface area contributed by atoms with E-state index in [-0.39, 0.29) is 24.1 Å². The molecule has 1 aromatic carbocycles. The highest BCUT2D eigenvalue weighted by Crippen LogP contribution is 2.24. The smallest absolute Gasteiger partial charge is 0.274 e. The number of amides is 1. The highest BCUT2D eigenvalue weighted by Gasteiger charge is 2.28. The zero-order valence-corrected chi connectivity index (χ0v) is 14.1. The van der Waals surface area contributed by atoms with Crippen LogP contribution in [-0.4, -0.2) is 28.1 Å². The Bertz CT molecular complexity index is 659. The topological polar surface area (TPSA) is 75.4 Å². The molecule has 0 aliphatic carbocycles. The maximum absolute atomic E-state index is 12.4. The number of benzene rings is 1. The largest absolute Gasteiger partial charge is 0.443 e. The highest BCUT2D eigenvalue weighted by molar-refractivity contribution is 5.97. The lowest BCUT2D eigenvalue weighted by Gasteiger charge is -2.29. The molecule has 0 aliphatic heterocycles. The number of aryl methyl sites for hydroxylation is 1. The van der Waals surface area contributed by atoms with E-state index in [0.29, 0.717) is 5.76 Å². The maximum atomic E-state index is 12.4. The number of hydrogen-bond donors (Lipinski definition) is 2. The summed E-state index contributed by atoms with van der Waals surface area (Å²) in [5.41, 5.74) is 1.20. The molecule has 0 spiro atoms. The summed E-state index contributed by atoms with van der Waals surface area (Å²) >= 11 is 0. The molecule has 2 unspecified atom stereocenters. The highest BCUT2D eigenvalue weighted by atomic mass is 16.3. The van der Waals surface area contributed by atoms with Gasteiger partial charge in [0.25, 0.3) is 5.91 Å². The number of nitrogens with zero attached hydrogens (tertiary/aromatic N) is 1. The van der Waals surface area contributed by atoms with Gasteiger partial charge in [0.05, 0.1) is 5.60 Å². The number of hydrogen-bond acceptors (Lipinski definition) is 4. The van der Waals surface area contributed by atoms with E-state index >= 15 is 0 Å². The lowest BCUT2D eigenvalue weighted by atomic mass is 9.88. The first-order valence-electron chi connectivity index (χ1n) is 7.86. The fourth-order valence-corrected chi connectivity index (χ4v) is 2.27. The van der Waals surface area contributed by atoms with Crippen molar-refractivity contribution in [3.8, 4) is 11.3 Å². The van der Waals surface area contributed by atoms with Crippen LogP contribution in [0.5, 0.6) is 0 Å². The summed E-state index contributed by atoms with van der Waals surface area (Å²) in [7, 11) is 0. The number of aromatic nitrogens is 1. The third-order valence-corrected chi connectivity index (χ3v) is 4.38. The van der Waals surface area contributed by atoms with Gasteiger partial charge in [0.15, 0.2) is 17.8 Å². The van der Waals surface area contributed by atoms with Crippen molar-refractivity contribution in [3.63, 3.8) is 0 Å². The molecule has 1 aromatic heterocycles. The zero-order chi connectivity index (χ0) is 17.0. The van der Waals surface area contributed by atoms with Crippen LogP contribution in [0.15, 0.2) is 35.1 Å². The summed E-state index contributed by atoms with van der Waals surface area (Å²) in [6.07, 6.45) is 2.10. The van der Waals surface area contributed by atoms with Gasteiger partial charge in [-0.05, 0) is 19.8 Å². The Balaban J connectivity index is 2.12. The Hall–Kier alpha value is -2.14. The molecule has 0 bridgehead atoms. The molecular weight excluding hydrogens is 292 g/mol. The molecule has 23 heavy (non-hydrogen) atoms. The monoisotopic (exact) mass is 316 g/mol. The first kappa shape index (κ1) is 17.2. The Morgan fingerprint density at radius 1 is 1.39 bits per heavy atom. The second-order valence-electron chi connectivity index (χ2n) is 6.25. The van der Waals surface area contributed by atoms with E-state index < -0.39 is 5.60 Å². The molecule has 0 fully saturated rings. The average molecular weight is 316 g/mol. The van der Waals surface area contributed by atoms with Gasteiger partial charge in [0, 0.05) is 12.1 Å². The zero-order valence-electron chi connectivity index (χ0n) is 14.1. The van der Waals surface area contributed by atoms with Crippen molar-refractivity contribution in [2.75, 3.05) is 6.54 Å². The van der Waals surface area contributed by atoms with Crippen LogP contribution in [0.25, 0.3) is 11.3 Å². The molecule has 0 radical (unpaired) electrons. The Labute approximate surface area is 136 Å². The van der Waals surface area contributed by atoms with Gasteiger partial charge in [-0.15, -0.1) is 0 Å². The van der Waals surface area contributed by atoms with Gasteiger partial charge in [-0.25, -0.2) is 4.98 Å². The Morgan fingerprint density at radius 3 is 2.65 bits per heavy atom. The van der Waals surface area contributed by atoms with Gasteiger partial charge < -0.3 is 14.8 Å². The van der Waals surface area contributed by atoms with E-state index in [9.17, 15) is 9.90 Å². The Morgan fingerprint density at radius 2 is 2.04 bits per heavy atom. The molecule has 1 amide bonds. The summed E-state index contributed by atoms with van der Waals surface area (Å²) in [4.78, 5) is 16.4. The van der Waals surface area contributed by atoms with Crippen molar-refractivity contribution in [1.82, 2.24) is 10.3 Å². The summed E-state index contributed by atoms with van der Waals surface area (Å²) in [6, 6.07) is 7.68. The van der Waals surface area contributed by atoms with Crippen LogP contribution in [0.4, 0.5) is 0 Å². The molecule has 0 saturated heterocycles. The van der Waals surface area contributed by atoms with Crippen LogP contribution in [0.1, 0.15) is 43.2 Å². The van der Waals surface area contributed by atoms with Gasteiger partial charge in [-0.1, -0.05) is 50.1 Å². The third kappa shape index (κ3) is 3.99. The van der Waals surface area contributed by atoms with E-state index in [4.69, 9.17) is 4.42 Å². The number of rotatable bonds is 6. The quantitative estimate of drug-likeness (QED) is 0.858. The lowest BCUT2D eigenvalue weighted by molar-refractivity contribution is 0.00588.